The lowest BCUT2D eigenvalue weighted by molar-refractivity contribution is 0.487. The lowest BCUT2D eigenvalue weighted by Gasteiger charge is -2.06. The molecule has 19 heavy (non-hydrogen) atoms. The van der Waals surface area contributed by atoms with Gasteiger partial charge in [0.1, 0.15) is 11.1 Å². The molecule has 0 aliphatic rings. The molecule has 6 nitrogen and oxygen atoms in total. The second kappa shape index (κ2) is 3.94. The van der Waals surface area contributed by atoms with Gasteiger partial charge in [-0.2, -0.15) is 5.10 Å². The van der Waals surface area contributed by atoms with Crippen LogP contribution in [0.25, 0.3) is 16.7 Å². The number of nitrogens with one attached hydrogen (secondary N) is 1. The van der Waals surface area contributed by atoms with Crippen LogP contribution in [0.4, 0.5) is 0 Å². The summed E-state index contributed by atoms with van der Waals surface area (Å²) in [5, 5.41) is 6.99. The van der Waals surface area contributed by atoms with Crippen LogP contribution in [0.15, 0.2) is 38.4 Å². The monoisotopic (exact) mass is 257 g/mol. The first-order valence-electron chi connectivity index (χ1n) is 5.75. The van der Waals surface area contributed by atoms with Crippen molar-refractivity contribution in [2.75, 3.05) is 0 Å². The van der Waals surface area contributed by atoms with E-state index < -0.39 is 5.63 Å². The first-order valence-corrected chi connectivity index (χ1v) is 5.75. The maximum absolute atomic E-state index is 11.8. The van der Waals surface area contributed by atoms with Crippen molar-refractivity contribution in [3.05, 3.63) is 56.5 Å². The van der Waals surface area contributed by atoms with Gasteiger partial charge in [-0.1, -0.05) is 0 Å². The summed E-state index contributed by atoms with van der Waals surface area (Å²) in [6, 6.07) is 4.81. The van der Waals surface area contributed by atoms with Crippen LogP contribution in [0, 0.1) is 13.8 Å². The van der Waals surface area contributed by atoms with Gasteiger partial charge in [0.05, 0.1) is 5.52 Å². The predicted octanol–water partition coefficient (Wildman–Crippen LogP) is 1.28. The van der Waals surface area contributed by atoms with Crippen molar-refractivity contribution in [3.63, 3.8) is 0 Å². The minimum absolute atomic E-state index is 0.0359. The molecule has 0 saturated heterocycles. The number of H-pyrrole nitrogens is 1. The highest BCUT2D eigenvalue weighted by molar-refractivity contribution is 5.78. The summed E-state index contributed by atoms with van der Waals surface area (Å²) in [5.41, 5.74) is 0.406. The molecule has 0 amide bonds. The number of nitrogens with zero attached hydrogens (tertiary/aromatic N) is 2. The van der Waals surface area contributed by atoms with Crippen molar-refractivity contribution in [3.8, 4) is 5.82 Å². The highest BCUT2D eigenvalue weighted by Crippen LogP contribution is 2.14. The lowest BCUT2D eigenvalue weighted by Crippen LogP contribution is -2.16. The Bertz CT molecular complexity index is 886. The number of aromatic nitrogens is 3. The van der Waals surface area contributed by atoms with Gasteiger partial charge in [-0.15, -0.1) is 0 Å². The molecule has 3 rings (SSSR count). The zero-order valence-corrected chi connectivity index (χ0v) is 10.4. The third-order valence-electron chi connectivity index (χ3n) is 2.87. The van der Waals surface area contributed by atoms with Crippen molar-refractivity contribution >= 4 is 10.9 Å². The zero-order valence-electron chi connectivity index (χ0n) is 10.4. The summed E-state index contributed by atoms with van der Waals surface area (Å²) in [7, 11) is 0. The van der Waals surface area contributed by atoms with Crippen LogP contribution in [-0.4, -0.2) is 14.8 Å². The fraction of sp³-hybridized carbons (Fsp3) is 0.154. The molecule has 0 aliphatic carbocycles. The molecule has 0 aromatic carbocycles. The maximum Gasteiger partial charge on any atom is 0.349 e. The Morgan fingerprint density at radius 2 is 2.05 bits per heavy atom. The third-order valence-corrected chi connectivity index (χ3v) is 2.87. The van der Waals surface area contributed by atoms with Crippen molar-refractivity contribution in [2.45, 2.75) is 13.8 Å². The van der Waals surface area contributed by atoms with Crippen molar-refractivity contribution in [1.29, 1.82) is 0 Å². The second-order valence-corrected chi connectivity index (χ2v) is 4.36. The standard InChI is InChI=1S/C13H11N3O3/c1-7-5-11(15-14-7)16-4-3-10(17)12-9(16)6-8(2)19-13(12)18/h3-6H,1-2H3,(H,14,15). The van der Waals surface area contributed by atoms with E-state index >= 15 is 0 Å². The van der Waals surface area contributed by atoms with E-state index in [1.54, 1.807) is 23.8 Å². The van der Waals surface area contributed by atoms with Crippen LogP contribution < -0.4 is 11.1 Å². The highest BCUT2D eigenvalue weighted by Gasteiger charge is 2.11. The summed E-state index contributed by atoms with van der Waals surface area (Å²) in [6.07, 6.45) is 1.60. The first kappa shape index (κ1) is 11.5. The van der Waals surface area contributed by atoms with E-state index in [1.807, 2.05) is 13.0 Å². The van der Waals surface area contributed by atoms with Crippen molar-refractivity contribution in [2.24, 2.45) is 0 Å². The quantitative estimate of drug-likeness (QED) is 0.712. The number of hydrogen-bond acceptors (Lipinski definition) is 4. The molecule has 6 heteroatoms. The largest absolute Gasteiger partial charge is 0.428 e. The Balaban J connectivity index is 2.48. The summed E-state index contributed by atoms with van der Waals surface area (Å²) >= 11 is 0. The molecule has 0 unspecified atom stereocenters. The average Bonchev–Trinajstić information content (AvgIpc) is 2.75. The molecular weight excluding hydrogens is 246 g/mol. The Morgan fingerprint density at radius 3 is 2.74 bits per heavy atom. The molecule has 0 atom stereocenters. The number of rotatable bonds is 1. The summed E-state index contributed by atoms with van der Waals surface area (Å²) in [6.45, 7) is 3.54. The minimum Gasteiger partial charge on any atom is -0.428 e. The van der Waals surface area contributed by atoms with Gasteiger partial charge in [-0.3, -0.25) is 14.5 Å². The molecule has 3 aromatic heterocycles. The fourth-order valence-electron chi connectivity index (χ4n) is 2.05. The SMILES string of the molecule is Cc1cc(-n2ccc(=O)c3c(=O)oc(C)cc32)n[nH]1. The molecule has 3 heterocycles. The molecule has 0 spiro atoms. The molecule has 0 saturated carbocycles. The Labute approximate surface area is 107 Å². The second-order valence-electron chi connectivity index (χ2n) is 4.36. The van der Waals surface area contributed by atoms with E-state index in [2.05, 4.69) is 10.2 Å². The molecule has 0 aliphatic heterocycles. The number of aryl methyl sites for hydroxylation is 2. The molecule has 0 fully saturated rings. The molecule has 96 valence electrons. The van der Waals surface area contributed by atoms with Gasteiger partial charge in [-0.25, -0.2) is 4.79 Å². The topological polar surface area (TPSA) is 80.9 Å². The first-order chi connectivity index (χ1) is 9.06. The lowest BCUT2D eigenvalue weighted by atomic mass is 10.2. The highest BCUT2D eigenvalue weighted by atomic mass is 16.4. The van der Waals surface area contributed by atoms with Crippen LogP contribution in [-0.2, 0) is 0 Å². The normalized spacial score (nSPS) is 11.1. The van der Waals surface area contributed by atoms with Gasteiger partial charge < -0.3 is 4.42 Å². The minimum atomic E-state index is -0.624. The summed E-state index contributed by atoms with van der Waals surface area (Å²) < 4.78 is 6.65. The van der Waals surface area contributed by atoms with Crippen molar-refractivity contribution in [1.82, 2.24) is 14.8 Å². The van der Waals surface area contributed by atoms with Gasteiger partial charge in [0, 0.05) is 30.1 Å². The van der Waals surface area contributed by atoms with Gasteiger partial charge in [-0.05, 0) is 13.8 Å². The van der Waals surface area contributed by atoms with Crippen LogP contribution in [0.2, 0.25) is 0 Å². The van der Waals surface area contributed by atoms with E-state index in [0.29, 0.717) is 17.1 Å². The third kappa shape index (κ3) is 1.77. The van der Waals surface area contributed by atoms with Crippen LogP contribution in [0.3, 0.4) is 0 Å². The van der Waals surface area contributed by atoms with E-state index in [4.69, 9.17) is 4.42 Å². The van der Waals surface area contributed by atoms with Crippen LogP contribution in [0.5, 0.6) is 0 Å². The number of aromatic amines is 1. The molecule has 1 N–H and O–H groups in total. The summed E-state index contributed by atoms with van der Waals surface area (Å²) in [4.78, 5) is 23.6. The Hall–Kier alpha value is -2.63. The van der Waals surface area contributed by atoms with Crippen molar-refractivity contribution < 1.29 is 4.42 Å². The van der Waals surface area contributed by atoms with E-state index in [-0.39, 0.29) is 10.8 Å². The number of hydrogen-bond donors (Lipinski definition) is 1. The Kier molecular flexibility index (Phi) is 2.38. The van der Waals surface area contributed by atoms with Gasteiger partial charge in [0.25, 0.3) is 0 Å². The smallest absolute Gasteiger partial charge is 0.349 e. The molecule has 0 radical (unpaired) electrons. The number of fused-ring (bicyclic) bond motifs is 1. The fourth-order valence-corrected chi connectivity index (χ4v) is 2.05. The van der Waals surface area contributed by atoms with Crippen LogP contribution in [0.1, 0.15) is 11.5 Å². The maximum atomic E-state index is 11.8. The predicted molar refractivity (Wildman–Crippen MR) is 69.7 cm³/mol. The average molecular weight is 257 g/mol. The number of pyridine rings is 1. The van der Waals surface area contributed by atoms with Gasteiger partial charge in [0.15, 0.2) is 11.2 Å². The zero-order chi connectivity index (χ0) is 13.6. The van der Waals surface area contributed by atoms with E-state index in [1.165, 1.54) is 6.07 Å². The van der Waals surface area contributed by atoms with E-state index in [9.17, 15) is 9.59 Å². The molecular formula is C13H11N3O3. The molecule has 3 aromatic rings. The van der Waals surface area contributed by atoms with Crippen LogP contribution >= 0.6 is 0 Å². The van der Waals surface area contributed by atoms with Gasteiger partial charge >= 0.3 is 5.63 Å². The van der Waals surface area contributed by atoms with Gasteiger partial charge in [0.2, 0.25) is 0 Å². The molecule has 0 bridgehead atoms. The Morgan fingerprint density at radius 1 is 1.26 bits per heavy atom. The van der Waals surface area contributed by atoms with E-state index in [0.717, 1.165) is 5.69 Å². The summed E-state index contributed by atoms with van der Waals surface area (Å²) in [5.74, 6) is 1.07.